The minimum atomic E-state index is -0.236. The van der Waals surface area contributed by atoms with Gasteiger partial charge in [-0.05, 0) is 12.0 Å². The van der Waals surface area contributed by atoms with Gasteiger partial charge < -0.3 is 12.2 Å². The van der Waals surface area contributed by atoms with Crippen molar-refractivity contribution >= 4 is 5.97 Å². The quantitative estimate of drug-likeness (QED) is 0.370. The zero-order valence-electron chi connectivity index (χ0n) is 10.7. The number of esters is 1. The van der Waals surface area contributed by atoms with Crippen LogP contribution >= 0.6 is 0 Å². The fraction of sp³-hybridized carbons (Fsp3) is 0.429. The standard InChI is InChI=1S/C13H17O2.CH3.U/c1-2-3-4-8-11-15-13(14)12-9-6-5-7-10-12;;/h6-7,9-10H,2-4,8,11H2,1H3;1H3;/q2*-1;+2. The molecule has 0 aliphatic rings. The molecule has 0 N–H and O–H groups in total. The average molecular weight is 458 g/mol. The summed E-state index contributed by atoms with van der Waals surface area (Å²) in [4.78, 5) is 11.4. The molecule has 0 saturated carbocycles. The van der Waals surface area contributed by atoms with Crippen LogP contribution in [-0.4, -0.2) is 12.6 Å². The van der Waals surface area contributed by atoms with Crippen LogP contribution in [0.5, 0.6) is 0 Å². The second-order valence-corrected chi connectivity index (χ2v) is 3.49. The maximum absolute atomic E-state index is 11.4. The normalized spacial score (nSPS) is 8.76. The Labute approximate surface area is 129 Å². The predicted octanol–water partition coefficient (Wildman–Crippen LogP) is 3.67. The molecule has 2 nitrogen and oxygen atoms in total. The van der Waals surface area contributed by atoms with Gasteiger partial charge in [0, 0.05) is 0 Å². The third-order valence-corrected chi connectivity index (χ3v) is 2.18. The Hall–Kier alpha value is -0.258. The van der Waals surface area contributed by atoms with Crippen LogP contribution in [0.1, 0.15) is 43.0 Å². The minimum absolute atomic E-state index is 0. The van der Waals surface area contributed by atoms with Gasteiger partial charge in [-0.25, -0.2) is 4.79 Å². The number of benzene rings is 1. The topological polar surface area (TPSA) is 26.3 Å². The molecule has 0 aliphatic carbocycles. The molecule has 0 atom stereocenters. The van der Waals surface area contributed by atoms with Crippen molar-refractivity contribution in [2.24, 2.45) is 0 Å². The van der Waals surface area contributed by atoms with Crippen LogP contribution in [0.4, 0.5) is 0 Å². The maximum Gasteiger partial charge on any atom is 2.00 e. The largest absolute Gasteiger partial charge is 2.00 e. The average Bonchev–Trinajstić information content (AvgIpc) is 2.30. The van der Waals surface area contributed by atoms with Gasteiger partial charge in [0.15, 0.2) is 0 Å². The molecule has 92 valence electrons. The van der Waals surface area contributed by atoms with Crippen LogP contribution in [0.2, 0.25) is 0 Å². The molecule has 1 rings (SSSR count). The fourth-order valence-electron chi connectivity index (χ4n) is 1.30. The molecule has 1 aromatic rings. The number of hydrogen-bond donors (Lipinski definition) is 0. The van der Waals surface area contributed by atoms with Crippen LogP contribution in [0.15, 0.2) is 24.3 Å². The van der Waals surface area contributed by atoms with Crippen molar-refractivity contribution in [1.82, 2.24) is 0 Å². The predicted molar refractivity (Wildman–Crippen MR) is 66.1 cm³/mol. The first-order chi connectivity index (χ1) is 7.34. The van der Waals surface area contributed by atoms with E-state index < -0.39 is 0 Å². The summed E-state index contributed by atoms with van der Waals surface area (Å²) in [5, 5.41) is 0. The van der Waals surface area contributed by atoms with Gasteiger partial charge in [0.25, 0.3) is 0 Å². The van der Waals surface area contributed by atoms with Crippen molar-refractivity contribution in [2.45, 2.75) is 32.6 Å². The molecular weight excluding hydrogens is 438 g/mol. The Morgan fingerprint density at radius 1 is 1.24 bits per heavy atom. The van der Waals surface area contributed by atoms with Crippen LogP contribution in [0.25, 0.3) is 0 Å². The van der Waals surface area contributed by atoms with Crippen molar-refractivity contribution < 1.29 is 40.6 Å². The number of carbonyl (C=O) groups excluding carboxylic acids is 1. The summed E-state index contributed by atoms with van der Waals surface area (Å²) in [6.07, 6.45) is 4.49. The Balaban J connectivity index is 0. The second-order valence-electron chi connectivity index (χ2n) is 3.49. The van der Waals surface area contributed by atoms with E-state index in [1.807, 2.05) is 0 Å². The Kier molecular flexibility index (Phi) is 13.7. The van der Waals surface area contributed by atoms with E-state index in [0.29, 0.717) is 12.2 Å². The molecule has 1 aromatic carbocycles. The van der Waals surface area contributed by atoms with E-state index in [2.05, 4.69) is 13.0 Å². The molecule has 0 heterocycles. The summed E-state index contributed by atoms with van der Waals surface area (Å²) in [6, 6.07) is 9.73. The summed E-state index contributed by atoms with van der Waals surface area (Å²) in [5.74, 6) is -0.236. The first-order valence-electron chi connectivity index (χ1n) is 5.48. The van der Waals surface area contributed by atoms with Gasteiger partial charge in [-0.2, -0.15) is 30.3 Å². The van der Waals surface area contributed by atoms with Crippen LogP contribution < -0.4 is 0 Å². The van der Waals surface area contributed by atoms with E-state index in [9.17, 15) is 4.79 Å². The van der Waals surface area contributed by atoms with E-state index in [0.717, 1.165) is 12.8 Å². The van der Waals surface area contributed by atoms with Crippen molar-refractivity contribution in [1.29, 1.82) is 0 Å². The molecule has 0 radical (unpaired) electrons. The van der Waals surface area contributed by atoms with Gasteiger partial charge in [0.1, 0.15) is 0 Å². The third kappa shape index (κ3) is 8.46. The molecule has 0 aliphatic heterocycles. The molecule has 0 bridgehead atoms. The molecule has 0 spiro atoms. The van der Waals surface area contributed by atoms with Gasteiger partial charge in [0.05, 0.1) is 6.61 Å². The van der Waals surface area contributed by atoms with Gasteiger partial charge in [-0.3, -0.25) is 0 Å². The fourth-order valence-corrected chi connectivity index (χ4v) is 1.30. The van der Waals surface area contributed by atoms with E-state index in [1.165, 1.54) is 12.8 Å². The Morgan fingerprint density at radius 3 is 2.47 bits per heavy atom. The van der Waals surface area contributed by atoms with E-state index >= 15 is 0 Å². The van der Waals surface area contributed by atoms with Crippen molar-refractivity contribution in [2.75, 3.05) is 6.61 Å². The zero-order chi connectivity index (χ0) is 10.9. The third-order valence-electron chi connectivity index (χ3n) is 2.18. The summed E-state index contributed by atoms with van der Waals surface area (Å²) < 4.78 is 5.12. The number of hydrogen-bond acceptors (Lipinski definition) is 2. The molecule has 0 saturated heterocycles. The van der Waals surface area contributed by atoms with Gasteiger partial charge in [0.2, 0.25) is 0 Å². The summed E-state index contributed by atoms with van der Waals surface area (Å²) in [6.45, 7) is 2.68. The van der Waals surface area contributed by atoms with Crippen LogP contribution in [0, 0.1) is 44.6 Å². The first-order valence-corrected chi connectivity index (χ1v) is 5.48. The zero-order valence-corrected chi connectivity index (χ0v) is 14.8. The molecule has 0 fully saturated rings. The Bertz CT molecular complexity index is 286. The second kappa shape index (κ2) is 12.2. The van der Waals surface area contributed by atoms with Gasteiger partial charge >= 0.3 is 37.1 Å². The number of ether oxygens (including phenoxy) is 1. The number of unbranched alkanes of at least 4 members (excludes halogenated alkanes) is 3. The van der Waals surface area contributed by atoms with Crippen molar-refractivity contribution in [3.8, 4) is 0 Å². The number of rotatable bonds is 6. The monoisotopic (exact) mass is 458 g/mol. The minimum Gasteiger partial charge on any atom is -0.464 e. The van der Waals surface area contributed by atoms with Crippen LogP contribution in [-0.2, 0) is 4.74 Å². The van der Waals surface area contributed by atoms with Crippen LogP contribution in [0.3, 0.4) is 0 Å². The molecule has 0 unspecified atom stereocenters. The molecule has 0 amide bonds. The Morgan fingerprint density at radius 2 is 1.88 bits per heavy atom. The van der Waals surface area contributed by atoms with E-state index in [-0.39, 0.29) is 44.5 Å². The van der Waals surface area contributed by atoms with E-state index in [1.54, 1.807) is 24.3 Å². The SMILES string of the molecule is CCCCCCOC(=O)c1cc[c-]cc1.[CH3-].[U+2]. The summed E-state index contributed by atoms with van der Waals surface area (Å²) in [5.41, 5.74) is 0.601. The number of carbonyl (C=O) groups is 1. The molecule has 3 heteroatoms. The van der Waals surface area contributed by atoms with Gasteiger partial charge in [-0.15, -0.1) is 0 Å². The molecular formula is C14H20O2U. The molecule has 0 aromatic heterocycles. The summed E-state index contributed by atoms with van der Waals surface area (Å²) >= 11 is 0. The maximum atomic E-state index is 11.4. The van der Waals surface area contributed by atoms with E-state index in [4.69, 9.17) is 4.74 Å². The first kappa shape index (κ1) is 19.1. The van der Waals surface area contributed by atoms with Crippen molar-refractivity contribution in [3.63, 3.8) is 0 Å². The van der Waals surface area contributed by atoms with Crippen molar-refractivity contribution in [3.05, 3.63) is 43.3 Å². The molecule has 17 heavy (non-hydrogen) atoms. The van der Waals surface area contributed by atoms with Gasteiger partial charge in [-0.1, -0.05) is 26.2 Å². The summed E-state index contributed by atoms with van der Waals surface area (Å²) in [7, 11) is 0. The smallest absolute Gasteiger partial charge is 0.464 e.